The highest BCUT2D eigenvalue weighted by Crippen LogP contribution is 2.22. The van der Waals surface area contributed by atoms with E-state index < -0.39 is 0 Å². The van der Waals surface area contributed by atoms with Crippen LogP contribution in [0.1, 0.15) is 11.4 Å². The molecule has 0 atom stereocenters. The molecule has 0 fully saturated rings. The Bertz CT molecular complexity index is 499. The van der Waals surface area contributed by atoms with Crippen molar-refractivity contribution in [2.75, 3.05) is 0 Å². The SMILES string of the molecule is OCc1ncnn1Cc1ccc(Cl)c(Cl)c1. The van der Waals surface area contributed by atoms with Crippen LogP contribution in [0.25, 0.3) is 0 Å². The molecule has 84 valence electrons. The molecule has 4 nitrogen and oxygen atoms in total. The number of aliphatic hydroxyl groups excluding tert-OH is 1. The van der Waals surface area contributed by atoms with Gasteiger partial charge in [-0.25, -0.2) is 9.67 Å². The minimum Gasteiger partial charge on any atom is -0.388 e. The van der Waals surface area contributed by atoms with Crippen LogP contribution in [0.4, 0.5) is 0 Å². The lowest BCUT2D eigenvalue weighted by Crippen LogP contribution is -2.06. The maximum atomic E-state index is 9.01. The molecule has 1 aromatic heterocycles. The number of hydrogen-bond donors (Lipinski definition) is 1. The molecule has 0 bridgehead atoms. The molecule has 0 saturated carbocycles. The van der Waals surface area contributed by atoms with Crippen molar-refractivity contribution in [3.05, 3.63) is 46.0 Å². The second-order valence-electron chi connectivity index (χ2n) is 3.24. The Morgan fingerprint density at radius 3 is 2.75 bits per heavy atom. The van der Waals surface area contributed by atoms with Crippen LogP contribution in [-0.2, 0) is 13.2 Å². The standard InChI is InChI=1S/C10H9Cl2N3O/c11-8-2-1-7(3-9(8)12)4-15-10(5-16)13-6-14-15/h1-3,6,16H,4-5H2. The van der Waals surface area contributed by atoms with E-state index >= 15 is 0 Å². The minimum absolute atomic E-state index is 0.138. The molecule has 1 aromatic carbocycles. The average molecular weight is 258 g/mol. The Balaban J connectivity index is 2.24. The lowest BCUT2D eigenvalue weighted by molar-refractivity contribution is 0.264. The average Bonchev–Trinajstić information content (AvgIpc) is 2.71. The van der Waals surface area contributed by atoms with E-state index in [1.807, 2.05) is 6.07 Å². The Labute approximate surface area is 102 Å². The number of halogens is 2. The molecule has 6 heteroatoms. The molecule has 0 saturated heterocycles. The summed E-state index contributed by atoms with van der Waals surface area (Å²) in [7, 11) is 0. The van der Waals surface area contributed by atoms with E-state index in [1.54, 1.807) is 16.8 Å². The van der Waals surface area contributed by atoms with Gasteiger partial charge in [0.15, 0.2) is 5.82 Å². The van der Waals surface area contributed by atoms with Crippen molar-refractivity contribution in [1.82, 2.24) is 14.8 Å². The van der Waals surface area contributed by atoms with Gasteiger partial charge in [0.2, 0.25) is 0 Å². The monoisotopic (exact) mass is 257 g/mol. The van der Waals surface area contributed by atoms with E-state index in [1.165, 1.54) is 6.33 Å². The number of aliphatic hydroxyl groups is 1. The van der Waals surface area contributed by atoms with E-state index in [4.69, 9.17) is 28.3 Å². The quantitative estimate of drug-likeness (QED) is 0.917. The second-order valence-corrected chi connectivity index (χ2v) is 4.05. The van der Waals surface area contributed by atoms with Crippen LogP contribution < -0.4 is 0 Å². The molecule has 0 unspecified atom stereocenters. The van der Waals surface area contributed by atoms with E-state index in [9.17, 15) is 0 Å². The molecule has 0 amide bonds. The van der Waals surface area contributed by atoms with Crippen LogP contribution in [0.2, 0.25) is 10.0 Å². The highest BCUT2D eigenvalue weighted by Gasteiger charge is 2.05. The van der Waals surface area contributed by atoms with Crippen molar-refractivity contribution in [3.8, 4) is 0 Å². The zero-order chi connectivity index (χ0) is 11.5. The van der Waals surface area contributed by atoms with Crippen LogP contribution in [0.5, 0.6) is 0 Å². The summed E-state index contributed by atoms with van der Waals surface area (Å²) < 4.78 is 1.61. The lowest BCUT2D eigenvalue weighted by atomic mass is 10.2. The van der Waals surface area contributed by atoms with Crippen molar-refractivity contribution < 1.29 is 5.11 Å². The van der Waals surface area contributed by atoms with Crippen LogP contribution >= 0.6 is 23.2 Å². The molecule has 0 aliphatic carbocycles. The first kappa shape index (κ1) is 11.4. The summed E-state index contributed by atoms with van der Waals surface area (Å²) in [5.74, 6) is 0.520. The van der Waals surface area contributed by atoms with Gasteiger partial charge in [-0.3, -0.25) is 0 Å². The van der Waals surface area contributed by atoms with Gasteiger partial charge in [0, 0.05) is 0 Å². The van der Waals surface area contributed by atoms with Crippen LogP contribution in [0.15, 0.2) is 24.5 Å². The van der Waals surface area contributed by atoms with E-state index in [0.717, 1.165) is 5.56 Å². The fraction of sp³-hybridized carbons (Fsp3) is 0.200. The van der Waals surface area contributed by atoms with Gasteiger partial charge in [0.25, 0.3) is 0 Å². The largest absolute Gasteiger partial charge is 0.388 e. The van der Waals surface area contributed by atoms with Crippen molar-refractivity contribution in [2.24, 2.45) is 0 Å². The molecule has 0 aliphatic rings. The zero-order valence-corrected chi connectivity index (χ0v) is 9.78. The molecule has 0 radical (unpaired) electrons. The first-order chi connectivity index (χ1) is 7.70. The fourth-order valence-electron chi connectivity index (χ4n) is 1.35. The molecule has 2 aromatic rings. The smallest absolute Gasteiger partial charge is 0.152 e. The molecule has 1 N–H and O–H groups in total. The topological polar surface area (TPSA) is 50.9 Å². The first-order valence-corrected chi connectivity index (χ1v) is 5.38. The molecular weight excluding hydrogens is 249 g/mol. The van der Waals surface area contributed by atoms with E-state index in [0.29, 0.717) is 22.4 Å². The third-order valence-electron chi connectivity index (χ3n) is 2.15. The summed E-state index contributed by atoms with van der Waals surface area (Å²) >= 11 is 11.7. The third-order valence-corrected chi connectivity index (χ3v) is 2.89. The summed E-state index contributed by atoms with van der Waals surface area (Å²) in [6, 6.07) is 5.36. The van der Waals surface area contributed by atoms with E-state index in [2.05, 4.69) is 10.1 Å². The molecule has 0 aliphatic heterocycles. The Kier molecular flexibility index (Phi) is 3.43. The maximum Gasteiger partial charge on any atom is 0.152 e. The molecule has 2 rings (SSSR count). The molecular formula is C10H9Cl2N3O. The van der Waals surface area contributed by atoms with Gasteiger partial charge >= 0.3 is 0 Å². The third kappa shape index (κ3) is 2.35. The number of nitrogens with zero attached hydrogens (tertiary/aromatic N) is 3. The highest BCUT2D eigenvalue weighted by molar-refractivity contribution is 6.42. The summed E-state index contributed by atoms with van der Waals surface area (Å²) in [6.45, 7) is 0.369. The summed E-state index contributed by atoms with van der Waals surface area (Å²) in [6.07, 6.45) is 1.41. The van der Waals surface area contributed by atoms with Crippen molar-refractivity contribution in [2.45, 2.75) is 13.2 Å². The maximum absolute atomic E-state index is 9.01. The van der Waals surface area contributed by atoms with Gasteiger partial charge in [-0.15, -0.1) is 0 Å². The number of rotatable bonds is 3. The summed E-state index contributed by atoms with van der Waals surface area (Å²) in [5.41, 5.74) is 0.953. The molecule has 16 heavy (non-hydrogen) atoms. The van der Waals surface area contributed by atoms with E-state index in [-0.39, 0.29) is 6.61 Å². The molecule has 0 spiro atoms. The minimum atomic E-state index is -0.138. The van der Waals surface area contributed by atoms with Gasteiger partial charge in [0.1, 0.15) is 12.9 Å². The number of hydrogen-bond acceptors (Lipinski definition) is 3. The second kappa shape index (κ2) is 4.82. The highest BCUT2D eigenvalue weighted by atomic mass is 35.5. The zero-order valence-electron chi connectivity index (χ0n) is 8.27. The van der Waals surface area contributed by atoms with Gasteiger partial charge in [0.05, 0.1) is 16.6 Å². The number of benzene rings is 1. The van der Waals surface area contributed by atoms with Crippen molar-refractivity contribution >= 4 is 23.2 Å². The van der Waals surface area contributed by atoms with Gasteiger partial charge < -0.3 is 5.11 Å². The van der Waals surface area contributed by atoms with Crippen LogP contribution in [0, 0.1) is 0 Å². The van der Waals surface area contributed by atoms with Crippen molar-refractivity contribution in [1.29, 1.82) is 0 Å². The molecule has 1 heterocycles. The predicted octanol–water partition coefficient (Wildman–Crippen LogP) is 2.13. The van der Waals surface area contributed by atoms with Crippen LogP contribution in [0.3, 0.4) is 0 Å². The number of aromatic nitrogens is 3. The summed E-state index contributed by atoms with van der Waals surface area (Å²) in [4.78, 5) is 3.91. The predicted molar refractivity (Wildman–Crippen MR) is 61.5 cm³/mol. The Hall–Kier alpha value is -1.10. The Morgan fingerprint density at radius 2 is 2.06 bits per heavy atom. The first-order valence-electron chi connectivity index (χ1n) is 4.62. The van der Waals surface area contributed by atoms with Gasteiger partial charge in [-0.05, 0) is 17.7 Å². The van der Waals surface area contributed by atoms with Crippen LogP contribution in [-0.4, -0.2) is 19.9 Å². The normalized spacial score (nSPS) is 10.7. The lowest BCUT2D eigenvalue weighted by Gasteiger charge is -2.05. The summed E-state index contributed by atoms with van der Waals surface area (Å²) in [5, 5.41) is 14.0. The fourth-order valence-corrected chi connectivity index (χ4v) is 1.67. The van der Waals surface area contributed by atoms with Gasteiger partial charge in [-0.1, -0.05) is 29.3 Å². The van der Waals surface area contributed by atoms with Gasteiger partial charge in [-0.2, -0.15) is 5.10 Å². The Morgan fingerprint density at radius 1 is 1.25 bits per heavy atom. The van der Waals surface area contributed by atoms with Crippen molar-refractivity contribution in [3.63, 3.8) is 0 Å².